The molecule has 1 aliphatic rings. The molecule has 0 bridgehead atoms. The van der Waals surface area contributed by atoms with Gasteiger partial charge in [0.25, 0.3) is 0 Å². The molecule has 106 valence electrons. The number of morpholine rings is 1. The Balaban J connectivity index is 2.13. The molecular formula is C16H26N2O. The van der Waals surface area contributed by atoms with Crippen molar-refractivity contribution >= 4 is 0 Å². The maximum Gasteiger partial charge on any atom is 0.0594 e. The van der Waals surface area contributed by atoms with Gasteiger partial charge in [0.15, 0.2) is 0 Å². The van der Waals surface area contributed by atoms with Crippen molar-refractivity contribution in [3.8, 4) is 0 Å². The second kappa shape index (κ2) is 6.02. The van der Waals surface area contributed by atoms with Gasteiger partial charge in [-0.05, 0) is 30.4 Å². The Bertz CT molecular complexity index is 417. The summed E-state index contributed by atoms with van der Waals surface area (Å²) in [6.07, 6.45) is 1.04. The molecular weight excluding hydrogens is 236 g/mol. The lowest BCUT2D eigenvalue weighted by Crippen LogP contribution is -2.36. The Labute approximate surface area is 117 Å². The Morgan fingerprint density at radius 3 is 2.53 bits per heavy atom. The molecule has 1 fully saturated rings. The molecule has 1 aromatic rings. The summed E-state index contributed by atoms with van der Waals surface area (Å²) >= 11 is 0. The molecule has 0 aliphatic carbocycles. The zero-order valence-electron chi connectivity index (χ0n) is 12.7. The lowest BCUT2D eigenvalue weighted by molar-refractivity contribution is 0.0339. The molecule has 0 unspecified atom stereocenters. The van der Waals surface area contributed by atoms with Crippen LogP contribution in [0.5, 0.6) is 0 Å². The molecule has 2 heterocycles. The Morgan fingerprint density at radius 1 is 1.21 bits per heavy atom. The first-order valence-corrected chi connectivity index (χ1v) is 7.19. The van der Waals surface area contributed by atoms with Gasteiger partial charge in [-0.2, -0.15) is 0 Å². The Kier molecular flexibility index (Phi) is 4.58. The second-order valence-corrected chi connectivity index (χ2v) is 6.68. The quantitative estimate of drug-likeness (QED) is 0.837. The van der Waals surface area contributed by atoms with Gasteiger partial charge in [-0.15, -0.1) is 0 Å². The molecule has 0 saturated carbocycles. The molecule has 0 spiro atoms. The molecule has 0 radical (unpaired) electrons. The summed E-state index contributed by atoms with van der Waals surface area (Å²) in [5.41, 5.74) is 4.03. The first kappa shape index (κ1) is 14.5. The average molecular weight is 262 g/mol. The van der Waals surface area contributed by atoms with Crippen LogP contribution in [0.1, 0.15) is 37.7 Å². The van der Waals surface area contributed by atoms with Crippen LogP contribution >= 0.6 is 0 Å². The zero-order chi connectivity index (χ0) is 13.9. The fraction of sp³-hybridized carbons (Fsp3) is 0.688. The third-order valence-electron chi connectivity index (χ3n) is 3.40. The summed E-state index contributed by atoms with van der Waals surface area (Å²) < 4.78 is 5.41. The molecule has 1 saturated heterocycles. The van der Waals surface area contributed by atoms with E-state index >= 15 is 0 Å². The largest absolute Gasteiger partial charge is 0.379 e. The van der Waals surface area contributed by atoms with Crippen molar-refractivity contribution in [2.75, 3.05) is 26.3 Å². The number of hydrogen-bond donors (Lipinski definition) is 0. The first-order valence-electron chi connectivity index (χ1n) is 7.19. The number of pyridine rings is 1. The highest BCUT2D eigenvalue weighted by molar-refractivity contribution is 5.23. The van der Waals surface area contributed by atoms with Gasteiger partial charge >= 0.3 is 0 Å². The van der Waals surface area contributed by atoms with Crippen LogP contribution in [0.15, 0.2) is 12.1 Å². The first-order chi connectivity index (χ1) is 8.94. The van der Waals surface area contributed by atoms with Gasteiger partial charge in [-0.1, -0.05) is 26.8 Å². The monoisotopic (exact) mass is 262 g/mol. The minimum Gasteiger partial charge on any atom is -0.379 e. The van der Waals surface area contributed by atoms with E-state index in [4.69, 9.17) is 9.72 Å². The fourth-order valence-corrected chi connectivity index (χ4v) is 2.44. The summed E-state index contributed by atoms with van der Waals surface area (Å²) in [6, 6.07) is 4.38. The van der Waals surface area contributed by atoms with E-state index in [1.54, 1.807) is 0 Å². The average Bonchev–Trinajstić information content (AvgIpc) is 2.32. The number of rotatable bonds is 3. The molecule has 3 heteroatoms. The molecule has 19 heavy (non-hydrogen) atoms. The Hall–Kier alpha value is -0.930. The van der Waals surface area contributed by atoms with E-state index in [2.05, 4.69) is 44.7 Å². The smallest absolute Gasteiger partial charge is 0.0594 e. The minimum atomic E-state index is 0.278. The molecule has 2 rings (SSSR count). The van der Waals surface area contributed by atoms with Gasteiger partial charge in [0.1, 0.15) is 0 Å². The molecule has 1 aromatic heterocycles. The van der Waals surface area contributed by atoms with Crippen LogP contribution in [-0.2, 0) is 17.7 Å². The van der Waals surface area contributed by atoms with E-state index in [0.29, 0.717) is 0 Å². The topological polar surface area (TPSA) is 25.4 Å². The second-order valence-electron chi connectivity index (χ2n) is 6.68. The van der Waals surface area contributed by atoms with Crippen molar-refractivity contribution in [3.05, 3.63) is 29.1 Å². The van der Waals surface area contributed by atoms with Crippen LogP contribution in [0.25, 0.3) is 0 Å². The summed E-state index contributed by atoms with van der Waals surface area (Å²) in [6.45, 7) is 13.7. The summed E-state index contributed by atoms with van der Waals surface area (Å²) in [4.78, 5) is 7.23. The maximum atomic E-state index is 5.41. The van der Waals surface area contributed by atoms with E-state index in [0.717, 1.165) is 45.0 Å². The normalized spacial score (nSPS) is 17.7. The van der Waals surface area contributed by atoms with E-state index in [1.165, 1.54) is 11.3 Å². The fourth-order valence-electron chi connectivity index (χ4n) is 2.44. The maximum absolute atomic E-state index is 5.41. The van der Waals surface area contributed by atoms with Gasteiger partial charge in [0.05, 0.1) is 13.2 Å². The van der Waals surface area contributed by atoms with Crippen molar-refractivity contribution in [1.82, 2.24) is 9.88 Å². The van der Waals surface area contributed by atoms with Gasteiger partial charge in [-0.3, -0.25) is 9.88 Å². The van der Waals surface area contributed by atoms with Crippen LogP contribution in [-0.4, -0.2) is 36.2 Å². The summed E-state index contributed by atoms with van der Waals surface area (Å²) in [7, 11) is 0. The van der Waals surface area contributed by atoms with Crippen LogP contribution < -0.4 is 0 Å². The molecule has 0 atom stereocenters. The lowest BCUT2D eigenvalue weighted by Gasteiger charge is -2.28. The van der Waals surface area contributed by atoms with Crippen LogP contribution in [0, 0.1) is 12.3 Å². The molecule has 1 aliphatic heterocycles. The predicted octanol–water partition coefficient (Wildman–Crippen LogP) is 2.81. The molecule has 0 aromatic carbocycles. The number of ether oxygens (including phenoxy) is 1. The van der Waals surface area contributed by atoms with Crippen molar-refractivity contribution in [3.63, 3.8) is 0 Å². The summed E-state index contributed by atoms with van der Waals surface area (Å²) in [5, 5.41) is 0. The molecule has 0 N–H and O–H groups in total. The third-order valence-corrected chi connectivity index (χ3v) is 3.40. The summed E-state index contributed by atoms with van der Waals surface area (Å²) in [5.74, 6) is 0. The van der Waals surface area contributed by atoms with Crippen molar-refractivity contribution in [2.24, 2.45) is 5.41 Å². The highest BCUT2D eigenvalue weighted by Gasteiger charge is 2.18. The zero-order valence-corrected chi connectivity index (χ0v) is 12.7. The van der Waals surface area contributed by atoms with E-state index in [-0.39, 0.29) is 5.41 Å². The van der Waals surface area contributed by atoms with Gasteiger partial charge in [-0.25, -0.2) is 0 Å². The molecule has 0 amide bonds. The van der Waals surface area contributed by atoms with Crippen LogP contribution in [0.3, 0.4) is 0 Å². The van der Waals surface area contributed by atoms with E-state index in [1.807, 2.05) is 0 Å². The van der Waals surface area contributed by atoms with Crippen molar-refractivity contribution < 1.29 is 4.74 Å². The van der Waals surface area contributed by atoms with Crippen LogP contribution in [0.2, 0.25) is 0 Å². The number of aromatic nitrogens is 1. The number of hydrogen-bond acceptors (Lipinski definition) is 3. The van der Waals surface area contributed by atoms with Crippen molar-refractivity contribution in [2.45, 2.75) is 40.7 Å². The van der Waals surface area contributed by atoms with Crippen LogP contribution in [0.4, 0.5) is 0 Å². The SMILES string of the molecule is Cc1ccc(CN2CCOCC2)c(CC(C)(C)C)n1. The highest BCUT2D eigenvalue weighted by Crippen LogP contribution is 2.23. The minimum absolute atomic E-state index is 0.278. The number of nitrogens with zero attached hydrogens (tertiary/aromatic N) is 2. The van der Waals surface area contributed by atoms with Gasteiger partial charge in [0, 0.05) is 31.0 Å². The Morgan fingerprint density at radius 2 is 1.89 bits per heavy atom. The third kappa shape index (κ3) is 4.59. The van der Waals surface area contributed by atoms with Crippen molar-refractivity contribution in [1.29, 1.82) is 0 Å². The lowest BCUT2D eigenvalue weighted by atomic mass is 9.88. The molecule has 3 nitrogen and oxygen atoms in total. The van der Waals surface area contributed by atoms with E-state index < -0.39 is 0 Å². The van der Waals surface area contributed by atoms with Gasteiger partial charge < -0.3 is 4.74 Å². The highest BCUT2D eigenvalue weighted by atomic mass is 16.5. The number of aryl methyl sites for hydroxylation is 1. The van der Waals surface area contributed by atoms with Gasteiger partial charge in [0.2, 0.25) is 0 Å². The van der Waals surface area contributed by atoms with E-state index in [9.17, 15) is 0 Å². The predicted molar refractivity (Wildman–Crippen MR) is 78.2 cm³/mol. The standard InChI is InChI=1S/C16H26N2O/c1-13-5-6-14(12-18-7-9-19-10-8-18)15(17-13)11-16(2,3)4/h5-6H,7-12H2,1-4H3.